The van der Waals surface area contributed by atoms with Crippen LogP contribution in [0.1, 0.15) is 23.2 Å². The van der Waals surface area contributed by atoms with Gasteiger partial charge in [0.05, 0.1) is 11.8 Å². The van der Waals surface area contributed by atoms with E-state index in [1.54, 1.807) is 17.3 Å². The van der Waals surface area contributed by atoms with Crippen molar-refractivity contribution in [2.75, 3.05) is 33.2 Å². The summed E-state index contributed by atoms with van der Waals surface area (Å²) >= 11 is 0. The molecule has 2 rings (SSSR count). The van der Waals surface area contributed by atoms with Crippen LogP contribution < -0.4 is 0 Å². The van der Waals surface area contributed by atoms with E-state index in [1.165, 1.54) is 25.9 Å². The van der Waals surface area contributed by atoms with Crippen molar-refractivity contribution in [3.05, 3.63) is 18.0 Å². The average Bonchev–Trinajstić information content (AvgIpc) is 2.96. The number of aromatic nitrogens is 2. The predicted octanol–water partition coefficient (Wildman–Crippen LogP) is 0.577. The van der Waals surface area contributed by atoms with Crippen LogP contribution in [-0.4, -0.2) is 59.1 Å². The zero-order valence-corrected chi connectivity index (χ0v) is 9.65. The molecule has 1 aliphatic rings. The Hall–Kier alpha value is -1.36. The second-order valence-electron chi connectivity index (χ2n) is 4.26. The van der Waals surface area contributed by atoms with Gasteiger partial charge in [-0.25, -0.2) is 0 Å². The molecular formula is C11H18N4O. The van der Waals surface area contributed by atoms with Gasteiger partial charge >= 0.3 is 0 Å². The Bertz CT molecular complexity index is 330. The maximum absolute atomic E-state index is 11.9. The molecule has 0 bridgehead atoms. The fourth-order valence-electron chi connectivity index (χ4n) is 1.99. The van der Waals surface area contributed by atoms with Crippen LogP contribution in [0.3, 0.4) is 0 Å². The highest BCUT2D eigenvalue weighted by molar-refractivity contribution is 5.93. The number of rotatable bonds is 4. The van der Waals surface area contributed by atoms with Crippen molar-refractivity contribution < 1.29 is 4.79 Å². The zero-order chi connectivity index (χ0) is 11.4. The lowest BCUT2D eigenvalue weighted by molar-refractivity contribution is 0.0782. The Morgan fingerprint density at radius 2 is 2.31 bits per heavy atom. The molecule has 5 nitrogen and oxygen atoms in total. The molecule has 1 aliphatic heterocycles. The van der Waals surface area contributed by atoms with Crippen LogP contribution >= 0.6 is 0 Å². The molecule has 88 valence electrons. The number of carbonyl (C=O) groups excluding carboxylic acids is 1. The van der Waals surface area contributed by atoms with Gasteiger partial charge in [-0.2, -0.15) is 5.10 Å². The molecule has 0 unspecified atom stereocenters. The summed E-state index contributed by atoms with van der Waals surface area (Å²) in [5.74, 6) is 0.0351. The molecule has 0 saturated carbocycles. The van der Waals surface area contributed by atoms with Gasteiger partial charge in [0.2, 0.25) is 0 Å². The van der Waals surface area contributed by atoms with Crippen LogP contribution in [0.5, 0.6) is 0 Å². The lowest BCUT2D eigenvalue weighted by Crippen LogP contribution is -2.35. The van der Waals surface area contributed by atoms with Crippen molar-refractivity contribution in [2.45, 2.75) is 12.8 Å². The highest BCUT2D eigenvalue weighted by atomic mass is 16.2. The molecule has 1 N–H and O–H groups in total. The first-order valence-electron chi connectivity index (χ1n) is 5.74. The van der Waals surface area contributed by atoms with E-state index in [4.69, 9.17) is 0 Å². The normalized spacial score (nSPS) is 16.6. The summed E-state index contributed by atoms with van der Waals surface area (Å²) in [5.41, 5.74) is 0.629. The summed E-state index contributed by atoms with van der Waals surface area (Å²) in [6.45, 7) is 4.10. The van der Waals surface area contributed by atoms with Crippen LogP contribution in [0.15, 0.2) is 12.4 Å². The summed E-state index contributed by atoms with van der Waals surface area (Å²) in [4.78, 5) is 16.0. The summed E-state index contributed by atoms with van der Waals surface area (Å²) in [7, 11) is 1.84. The summed E-state index contributed by atoms with van der Waals surface area (Å²) in [6, 6.07) is 0. The number of nitrogens with zero attached hydrogens (tertiary/aromatic N) is 3. The molecule has 0 atom stereocenters. The first kappa shape index (κ1) is 11.1. The van der Waals surface area contributed by atoms with Crippen molar-refractivity contribution >= 4 is 5.91 Å². The number of nitrogens with one attached hydrogen (secondary N) is 1. The highest BCUT2D eigenvalue weighted by Gasteiger charge is 2.15. The molecule has 0 aliphatic carbocycles. The van der Waals surface area contributed by atoms with Gasteiger partial charge in [0, 0.05) is 26.3 Å². The van der Waals surface area contributed by atoms with Gasteiger partial charge in [-0.1, -0.05) is 0 Å². The van der Waals surface area contributed by atoms with E-state index in [1.807, 2.05) is 7.05 Å². The molecule has 1 aromatic rings. The average molecular weight is 222 g/mol. The van der Waals surface area contributed by atoms with E-state index < -0.39 is 0 Å². The monoisotopic (exact) mass is 222 g/mol. The first-order chi connectivity index (χ1) is 7.77. The molecule has 1 amide bonds. The lowest BCUT2D eigenvalue weighted by atomic mass is 10.3. The van der Waals surface area contributed by atoms with Gasteiger partial charge < -0.3 is 9.80 Å². The topological polar surface area (TPSA) is 52.2 Å². The number of hydrogen-bond acceptors (Lipinski definition) is 3. The molecule has 5 heteroatoms. The standard InChI is InChI=1S/C11H18N4O/c1-14(6-7-15-4-2-3-5-15)11(16)10-8-12-13-9-10/h8-9H,2-7H2,1H3,(H,12,13). The van der Waals surface area contributed by atoms with E-state index in [9.17, 15) is 4.79 Å². The van der Waals surface area contributed by atoms with Crippen LogP contribution in [-0.2, 0) is 0 Å². The second kappa shape index (κ2) is 5.12. The third kappa shape index (κ3) is 2.61. The Morgan fingerprint density at radius 1 is 1.56 bits per heavy atom. The number of hydrogen-bond donors (Lipinski definition) is 1. The Kier molecular flexibility index (Phi) is 3.56. The SMILES string of the molecule is CN(CCN1CCCC1)C(=O)c1cn[nH]c1. The van der Waals surface area contributed by atoms with Crippen LogP contribution in [0, 0.1) is 0 Å². The fraction of sp³-hybridized carbons (Fsp3) is 0.636. The van der Waals surface area contributed by atoms with Gasteiger partial charge in [-0.3, -0.25) is 9.89 Å². The quantitative estimate of drug-likeness (QED) is 0.810. The van der Waals surface area contributed by atoms with E-state index in [-0.39, 0.29) is 5.91 Å². The van der Waals surface area contributed by atoms with Gasteiger partial charge in [0.15, 0.2) is 0 Å². The number of H-pyrrole nitrogens is 1. The predicted molar refractivity (Wildman–Crippen MR) is 61.2 cm³/mol. The molecule has 1 saturated heterocycles. The van der Waals surface area contributed by atoms with Gasteiger partial charge in [0.1, 0.15) is 0 Å². The Morgan fingerprint density at radius 3 is 2.94 bits per heavy atom. The maximum atomic E-state index is 11.9. The minimum absolute atomic E-state index is 0.0351. The Labute approximate surface area is 95.4 Å². The van der Waals surface area contributed by atoms with Crippen molar-refractivity contribution in [1.29, 1.82) is 0 Å². The van der Waals surface area contributed by atoms with E-state index in [0.717, 1.165) is 13.1 Å². The second-order valence-corrected chi connectivity index (χ2v) is 4.26. The fourth-order valence-corrected chi connectivity index (χ4v) is 1.99. The maximum Gasteiger partial charge on any atom is 0.256 e. The minimum atomic E-state index is 0.0351. The van der Waals surface area contributed by atoms with Crippen LogP contribution in [0.2, 0.25) is 0 Å². The molecule has 1 aromatic heterocycles. The smallest absolute Gasteiger partial charge is 0.256 e. The van der Waals surface area contributed by atoms with E-state index in [2.05, 4.69) is 15.1 Å². The molecule has 16 heavy (non-hydrogen) atoms. The molecule has 1 fully saturated rings. The highest BCUT2D eigenvalue weighted by Crippen LogP contribution is 2.07. The van der Waals surface area contributed by atoms with Crippen molar-refractivity contribution in [2.24, 2.45) is 0 Å². The van der Waals surface area contributed by atoms with Crippen LogP contribution in [0.4, 0.5) is 0 Å². The lowest BCUT2D eigenvalue weighted by Gasteiger charge is -2.20. The van der Waals surface area contributed by atoms with Gasteiger partial charge in [-0.15, -0.1) is 0 Å². The van der Waals surface area contributed by atoms with Crippen molar-refractivity contribution in [3.63, 3.8) is 0 Å². The number of likely N-dealkylation sites (N-methyl/N-ethyl adjacent to an activating group) is 1. The summed E-state index contributed by atoms with van der Waals surface area (Å²) in [6.07, 6.45) is 5.78. The van der Waals surface area contributed by atoms with E-state index in [0.29, 0.717) is 5.56 Å². The first-order valence-corrected chi connectivity index (χ1v) is 5.74. The molecule has 0 aromatic carbocycles. The van der Waals surface area contributed by atoms with E-state index >= 15 is 0 Å². The van der Waals surface area contributed by atoms with Gasteiger partial charge in [0.25, 0.3) is 5.91 Å². The van der Waals surface area contributed by atoms with Crippen molar-refractivity contribution in [1.82, 2.24) is 20.0 Å². The molecule has 2 heterocycles. The summed E-state index contributed by atoms with van der Waals surface area (Å²) < 4.78 is 0. The Balaban J connectivity index is 1.78. The third-order valence-electron chi connectivity index (χ3n) is 3.04. The van der Waals surface area contributed by atoms with Crippen molar-refractivity contribution in [3.8, 4) is 0 Å². The van der Waals surface area contributed by atoms with Gasteiger partial charge in [-0.05, 0) is 25.9 Å². The number of aromatic amines is 1. The molecule has 0 spiro atoms. The zero-order valence-electron chi connectivity index (χ0n) is 9.65. The number of likely N-dealkylation sites (tertiary alicyclic amines) is 1. The molecular weight excluding hydrogens is 204 g/mol. The minimum Gasteiger partial charge on any atom is -0.340 e. The number of amides is 1. The number of carbonyl (C=O) groups is 1. The molecule has 0 radical (unpaired) electrons. The largest absolute Gasteiger partial charge is 0.340 e. The third-order valence-corrected chi connectivity index (χ3v) is 3.04. The summed E-state index contributed by atoms with van der Waals surface area (Å²) in [5, 5.41) is 6.44. The van der Waals surface area contributed by atoms with Crippen LogP contribution in [0.25, 0.3) is 0 Å².